The van der Waals surface area contributed by atoms with Crippen LogP contribution in [-0.2, 0) is 6.42 Å². The maximum Gasteiger partial charge on any atom is 0.0441 e. The van der Waals surface area contributed by atoms with Crippen LogP contribution >= 0.6 is 11.6 Å². The predicted octanol–water partition coefficient (Wildman–Crippen LogP) is 5.28. The van der Waals surface area contributed by atoms with Crippen LogP contribution in [0.15, 0.2) is 42.5 Å². The van der Waals surface area contributed by atoms with Gasteiger partial charge in [0.25, 0.3) is 0 Å². The highest BCUT2D eigenvalue weighted by Crippen LogP contribution is 2.25. The monoisotopic (exact) mass is 301 g/mol. The van der Waals surface area contributed by atoms with Crippen LogP contribution < -0.4 is 5.32 Å². The van der Waals surface area contributed by atoms with Crippen LogP contribution in [-0.4, -0.2) is 7.05 Å². The Morgan fingerprint density at radius 1 is 1.00 bits per heavy atom. The van der Waals surface area contributed by atoms with Crippen molar-refractivity contribution < 1.29 is 0 Å². The fraction of sp³-hybridized carbons (Fsp3) is 0.368. The van der Waals surface area contributed by atoms with Gasteiger partial charge in [0.1, 0.15) is 0 Å². The number of halogens is 1. The molecule has 1 nitrogen and oxygen atoms in total. The van der Waals surface area contributed by atoms with Gasteiger partial charge in [-0.15, -0.1) is 0 Å². The van der Waals surface area contributed by atoms with Crippen molar-refractivity contribution in [1.29, 1.82) is 0 Å². The Hall–Kier alpha value is -1.31. The molecule has 0 aliphatic carbocycles. The molecule has 0 bridgehead atoms. The van der Waals surface area contributed by atoms with Gasteiger partial charge in [-0.05, 0) is 54.6 Å². The maximum absolute atomic E-state index is 6.36. The fourth-order valence-corrected chi connectivity index (χ4v) is 2.85. The number of likely N-dealkylation sites (N-methyl/N-ethyl adjacent to an activating group) is 1. The molecule has 2 aromatic rings. The molecular formula is C19H24ClN. The first-order valence-corrected chi connectivity index (χ1v) is 7.91. The van der Waals surface area contributed by atoms with Gasteiger partial charge in [0.15, 0.2) is 0 Å². The Morgan fingerprint density at radius 2 is 1.62 bits per heavy atom. The molecule has 0 spiro atoms. The molecule has 0 aliphatic rings. The first-order chi connectivity index (χ1) is 10.0. The van der Waals surface area contributed by atoms with E-state index in [1.165, 1.54) is 22.3 Å². The summed E-state index contributed by atoms with van der Waals surface area (Å²) >= 11 is 6.36. The van der Waals surface area contributed by atoms with Crippen molar-refractivity contribution in [3.05, 3.63) is 69.7 Å². The van der Waals surface area contributed by atoms with Gasteiger partial charge in [0.2, 0.25) is 0 Å². The summed E-state index contributed by atoms with van der Waals surface area (Å²) in [6, 6.07) is 15.5. The van der Waals surface area contributed by atoms with Crippen LogP contribution in [0.1, 0.15) is 48.1 Å². The van der Waals surface area contributed by atoms with E-state index in [1.807, 2.05) is 13.1 Å². The normalized spacial score (nSPS) is 12.7. The van der Waals surface area contributed by atoms with Crippen LogP contribution in [0.4, 0.5) is 0 Å². The summed E-state index contributed by atoms with van der Waals surface area (Å²) in [5.74, 6) is 0.568. The lowest BCUT2D eigenvalue weighted by Gasteiger charge is -2.18. The van der Waals surface area contributed by atoms with Gasteiger partial charge in [-0.3, -0.25) is 0 Å². The van der Waals surface area contributed by atoms with Crippen molar-refractivity contribution in [2.24, 2.45) is 0 Å². The third-order valence-corrected chi connectivity index (χ3v) is 4.34. The Morgan fingerprint density at radius 3 is 2.14 bits per heavy atom. The highest BCUT2D eigenvalue weighted by atomic mass is 35.5. The lowest BCUT2D eigenvalue weighted by molar-refractivity contribution is 0.591. The van der Waals surface area contributed by atoms with Crippen molar-refractivity contribution in [3.63, 3.8) is 0 Å². The van der Waals surface area contributed by atoms with Gasteiger partial charge in [-0.2, -0.15) is 0 Å². The molecule has 2 rings (SSSR count). The molecule has 0 fully saturated rings. The molecule has 1 unspecified atom stereocenters. The number of nitrogens with one attached hydrogen (secondary N) is 1. The average molecular weight is 302 g/mol. The molecule has 0 saturated carbocycles. The van der Waals surface area contributed by atoms with Crippen LogP contribution in [0.2, 0.25) is 5.02 Å². The van der Waals surface area contributed by atoms with Crippen molar-refractivity contribution >= 4 is 11.6 Å². The quantitative estimate of drug-likeness (QED) is 0.792. The molecule has 0 heterocycles. The van der Waals surface area contributed by atoms with E-state index < -0.39 is 0 Å². The molecule has 1 N–H and O–H groups in total. The van der Waals surface area contributed by atoms with Gasteiger partial charge in [0, 0.05) is 11.1 Å². The van der Waals surface area contributed by atoms with E-state index in [2.05, 4.69) is 62.5 Å². The summed E-state index contributed by atoms with van der Waals surface area (Å²) in [5, 5.41) is 4.25. The second kappa shape index (κ2) is 7.11. The second-order valence-corrected chi connectivity index (χ2v) is 6.37. The average Bonchev–Trinajstić information content (AvgIpc) is 2.47. The zero-order valence-corrected chi connectivity index (χ0v) is 14.0. The molecule has 2 heteroatoms. The summed E-state index contributed by atoms with van der Waals surface area (Å²) in [5.41, 5.74) is 5.07. The summed E-state index contributed by atoms with van der Waals surface area (Å²) < 4.78 is 0. The van der Waals surface area contributed by atoms with Crippen molar-refractivity contribution in [2.75, 3.05) is 7.05 Å². The number of aryl methyl sites for hydroxylation is 1. The van der Waals surface area contributed by atoms with E-state index in [4.69, 9.17) is 11.6 Å². The Balaban J connectivity index is 2.19. The third kappa shape index (κ3) is 4.09. The minimum absolute atomic E-state index is 0.284. The lowest BCUT2D eigenvalue weighted by Crippen LogP contribution is -2.19. The minimum atomic E-state index is 0.284. The summed E-state index contributed by atoms with van der Waals surface area (Å²) in [4.78, 5) is 0. The Labute approximate surface area is 133 Å². The summed E-state index contributed by atoms with van der Waals surface area (Å²) in [6.07, 6.45) is 0.899. The first-order valence-electron chi connectivity index (χ1n) is 7.53. The van der Waals surface area contributed by atoms with E-state index in [9.17, 15) is 0 Å². The molecule has 0 aliphatic heterocycles. The lowest BCUT2D eigenvalue weighted by atomic mass is 9.95. The van der Waals surface area contributed by atoms with Gasteiger partial charge >= 0.3 is 0 Å². The molecule has 0 saturated heterocycles. The van der Waals surface area contributed by atoms with Gasteiger partial charge in [0.05, 0.1) is 0 Å². The zero-order chi connectivity index (χ0) is 15.4. The SMILES string of the molecule is CNC(Cc1ccc(C)cc1Cl)c1ccc(C(C)C)cc1. The van der Waals surface area contributed by atoms with Gasteiger partial charge in [-0.25, -0.2) is 0 Å². The molecule has 21 heavy (non-hydrogen) atoms. The number of hydrogen-bond acceptors (Lipinski definition) is 1. The number of rotatable bonds is 5. The van der Waals surface area contributed by atoms with Crippen molar-refractivity contribution in [1.82, 2.24) is 5.32 Å². The molecule has 2 aromatic carbocycles. The number of benzene rings is 2. The molecule has 0 radical (unpaired) electrons. The van der Waals surface area contributed by atoms with E-state index in [1.54, 1.807) is 0 Å². The van der Waals surface area contributed by atoms with Crippen LogP contribution in [0.3, 0.4) is 0 Å². The topological polar surface area (TPSA) is 12.0 Å². The standard InChI is InChI=1S/C19H24ClN/c1-13(2)15-7-9-16(10-8-15)19(21-4)12-17-6-5-14(3)11-18(17)20/h5-11,13,19,21H,12H2,1-4H3. The smallest absolute Gasteiger partial charge is 0.0441 e. The molecule has 0 aromatic heterocycles. The summed E-state index contributed by atoms with van der Waals surface area (Å²) in [6.45, 7) is 6.50. The summed E-state index contributed by atoms with van der Waals surface area (Å²) in [7, 11) is 2.00. The molecule has 112 valence electrons. The fourth-order valence-electron chi connectivity index (χ4n) is 2.54. The second-order valence-electron chi connectivity index (χ2n) is 5.96. The largest absolute Gasteiger partial charge is 0.313 e. The van der Waals surface area contributed by atoms with Gasteiger partial charge in [-0.1, -0.05) is 61.8 Å². The molecule has 1 atom stereocenters. The van der Waals surface area contributed by atoms with Crippen molar-refractivity contribution in [2.45, 2.75) is 39.2 Å². The maximum atomic E-state index is 6.36. The predicted molar refractivity (Wildman–Crippen MR) is 92.2 cm³/mol. The van der Waals surface area contributed by atoms with Crippen LogP contribution in [0.25, 0.3) is 0 Å². The van der Waals surface area contributed by atoms with Gasteiger partial charge < -0.3 is 5.32 Å². The highest BCUT2D eigenvalue weighted by Gasteiger charge is 2.12. The van der Waals surface area contributed by atoms with Crippen LogP contribution in [0, 0.1) is 6.92 Å². The Bertz CT molecular complexity index is 587. The van der Waals surface area contributed by atoms with Crippen molar-refractivity contribution in [3.8, 4) is 0 Å². The van der Waals surface area contributed by atoms with E-state index in [0.717, 1.165) is 11.4 Å². The zero-order valence-electron chi connectivity index (χ0n) is 13.3. The van der Waals surface area contributed by atoms with E-state index in [-0.39, 0.29) is 6.04 Å². The third-order valence-electron chi connectivity index (χ3n) is 3.99. The minimum Gasteiger partial charge on any atom is -0.313 e. The number of hydrogen-bond donors (Lipinski definition) is 1. The molecular weight excluding hydrogens is 278 g/mol. The Kier molecular flexibility index (Phi) is 5.44. The van der Waals surface area contributed by atoms with Crippen LogP contribution in [0.5, 0.6) is 0 Å². The molecule has 0 amide bonds. The van der Waals surface area contributed by atoms with E-state index >= 15 is 0 Å². The van der Waals surface area contributed by atoms with E-state index in [0.29, 0.717) is 5.92 Å². The highest BCUT2D eigenvalue weighted by molar-refractivity contribution is 6.31. The first kappa shape index (κ1) is 16.1.